The molecule has 0 radical (unpaired) electrons. The van der Waals surface area contributed by atoms with Gasteiger partial charge in [0.1, 0.15) is 36.4 Å². The van der Waals surface area contributed by atoms with Crippen LogP contribution in [0.5, 0.6) is 0 Å². The molecule has 3 aromatic heterocycles. The Morgan fingerprint density at radius 1 is 1.06 bits per heavy atom. The first-order valence-corrected chi connectivity index (χ1v) is 10.4. The van der Waals surface area contributed by atoms with Crippen molar-refractivity contribution < 1.29 is 8.78 Å². The second-order valence-electron chi connectivity index (χ2n) is 7.96. The van der Waals surface area contributed by atoms with Gasteiger partial charge in [-0.15, -0.1) is 0 Å². The number of aromatic nitrogens is 7. The summed E-state index contributed by atoms with van der Waals surface area (Å²) in [6.45, 7) is 4.66. The molecule has 0 N–H and O–H groups in total. The topological polar surface area (TPSA) is 77.5 Å². The van der Waals surface area contributed by atoms with E-state index in [2.05, 4.69) is 36.4 Å². The van der Waals surface area contributed by atoms with E-state index in [9.17, 15) is 8.78 Å². The van der Waals surface area contributed by atoms with Gasteiger partial charge in [-0.05, 0) is 18.6 Å². The van der Waals surface area contributed by atoms with Crippen LogP contribution < -0.4 is 0 Å². The Morgan fingerprint density at radius 2 is 1.91 bits per heavy atom. The zero-order valence-electron chi connectivity index (χ0n) is 17.5. The molecule has 0 saturated heterocycles. The molecular formula is C22H22F2N8. The van der Waals surface area contributed by atoms with Crippen LogP contribution in [0.1, 0.15) is 24.2 Å². The molecule has 0 spiro atoms. The molecule has 1 aliphatic rings. The number of imidazole rings is 1. The Balaban J connectivity index is 1.42. The molecule has 2 atom stereocenters. The number of hydrogen-bond donors (Lipinski definition) is 0. The molecule has 10 heteroatoms. The summed E-state index contributed by atoms with van der Waals surface area (Å²) in [6, 6.07) is 3.72. The van der Waals surface area contributed by atoms with Crippen molar-refractivity contribution in [1.82, 2.24) is 39.2 Å². The summed E-state index contributed by atoms with van der Waals surface area (Å²) in [5.74, 6) is -0.454. The third-order valence-electron chi connectivity index (χ3n) is 6.06. The fraction of sp³-hybridized carbons (Fsp3) is 0.318. The van der Waals surface area contributed by atoms with Crippen molar-refractivity contribution in [2.24, 2.45) is 0 Å². The molecule has 164 valence electrons. The third-order valence-corrected chi connectivity index (χ3v) is 6.06. The quantitative estimate of drug-likeness (QED) is 0.463. The minimum absolute atomic E-state index is 0.0480. The molecule has 8 nitrogen and oxygen atoms in total. The summed E-state index contributed by atoms with van der Waals surface area (Å²) in [5, 5.41) is 4.19. The highest BCUT2D eigenvalue weighted by Gasteiger charge is 2.31. The number of fused-ring (bicyclic) bond motifs is 1. The van der Waals surface area contributed by atoms with Crippen molar-refractivity contribution >= 4 is 0 Å². The summed E-state index contributed by atoms with van der Waals surface area (Å²) in [6.07, 6.45) is 10.1. The van der Waals surface area contributed by atoms with Crippen molar-refractivity contribution in [1.29, 1.82) is 0 Å². The first-order valence-electron chi connectivity index (χ1n) is 10.4. The molecule has 5 rings (SSSR count). The second-order valence-corrected chi connectivity index (χ2v) is 7.96. The molecule has 0 fully saturated rings. The van der Waals surface area contributed by atoms with Crippen molar-refractivity contribution in [3.63, 3.8) is 0 Å². The SMILES string of the molecule is CC(C(Cn1cncn1)c1ccc(F)cc1F)N1CCn2cc(-c3cncnc3)nc2C1. The Kier molecular flexibility index (Phi) is 5.44. The highest BCUT2D eigenvalue weighted by molar-refractivity contribution is 5.55. The van der Waals surface area contributed by atoms with Crippen LogP contribution in [-0.4, -0.2) is 51.8 Å². The summed E-state index contributed by atoms with van der Waals surface area (Å²) in [5.41, 5.74) is 2.16. The summed E-state index contributed by atoms with van der Waals surface area (Å²) in [7, 11) is 0. The van der Waals surface area contributed by atoms with E-state index >= 15 is 0 Å². The third kappa shape index (κ3) is 4.01. The number of rotatable bonds is 6. The summed E-state index contributed by atoms with van der Waals surface area (Å²) in [4.78, 5) is 19.2. The highest BCUT2D eigenvalue weighted by Crippen LogP contribution is 2.30. The highest BCUT2D eigenvalue weighted by atomic mass is 19.1. The molecule has 32 heavy (non-hydrogen) atoms. The van der Waals surface area contributed by atoms with Gasteiger partial charge in [-0.2, -0.15) is 5.10 Å². The predicted molar refractivity (Wildman–Crippen MR) is 112 cm³/mol. The smallest absolute Gasteiger partial charge is 0.137 e. The molecule has 1 aromatic carbocycles. The fourth-order valence-corrected chi connectivity index (χ4v) is 4.28. The van der Waals surface area contributed by atoms with E-state index in [4.69, 9.17) is 4.98 Å². The van der Waals surface area contributed by atoms with Gasteiger partial charge < -0.3 is 4.57 Å². The van der Waals surface area contributed by atoms with E-state index in [-0.39, 0.29) is 12.0 Å². The van der Waals surface area contributed by atoms with Crippen LogP contribution in [0.4, 0.5) is 8.78 Å². The average Bonchev–Trinajstić information content (AvgIpc) is 3.47. The molecule has 4 aromatic rings. The molecule has 1 aliphatic heterocycles. The van der Waals surface area contributed by atoms with E-state index < -0.39 is 11.6 Å². The van der Waals surface area contributed by atoms with Gasteiger partial charge in [-0.1, -0.05) is 6.07 Å². The van der Waals surface area contributed by atoms with Crippen LogP contribution in [-0.2, 0) is 19.6 Å². The zero-order chi connectivity index (χ0) is 22.1. The summed E-state index contributed by atoms with van der Waals surface area (Å²) < 4.78 is 32.1. The molecule has 0 bridgehead atoms. The van der Waals surface area contributed by atoms with E-state index in [0.717, 1.165) is 36.2 Å². The zero-order valence-corrected chi connectivity index (χ0v) is 17.5. The van der Waals surface area contributed by atoms with E-state index in [0.29, 0.717) is 18.7 Å². The lowest BCUT2D eigenvalue weighted by Gasteiger charge is -2.37. The van der Waals surface area contributed by atoms with Gasteiger partial charge in [0.05, 0.1) is 18.8 Å². The fourth-order valence-electron chi connectivity index (χ4n) is 4.28. The first kappa shape index (κ1) is 20.4. The maximum absolute atomic E-state index is 14.8. The Labute approximate surface area is 183 Å². The summed E-state index contributed by atoms with van der Waals surface area (Å²) >= 11 is 0. The second kappa shape index (κ2) is 8.54. The average molecular weight is 436 g/mol. The van der Waals surface area contributed by atoms with Crippen molar-refractivity contribution in [3.8, 4) is 11.3 Å². The number of nitrogens with zero attached hydrogens (tertiary/aromatic N) is 8. The lowest BCUT2D eigenvalue weighted by Crippen LogP contribution is -2.43. The lowest BCUT2D eigenvalue weighted by atomic mass is 9.90. The van der Waals surface area contributed by atoms with E-state index in [1.165, 1.54) is 24.8 Å². The van der Waals surface area contributed by atoms with Crippen LogP contribution in [0.2, 0.25) is 0 Å². The molecule has 0 amide bonds. The maximum atomic E-state index is 14.8. The normalized spacial score (nSPS) is 16.0. The van der Waals surface area contributed by atoms with Gasteiger partial charge in [-0.25, -0.2) is 28.7 Å². The molecular weight excluding hydrogens is 414 g/mol. The van der Waals surface area contributed by atoms with Crippen LogP contribution in [0.25, 0.3) is 11.3 Å². The largest absolute Gasteiger partial charge is 0.332 e. The van der Waals surface area contributed by atoms with Gasteiger partial charge in [0, 0.05) is 55.3 Å². The van der Waals surface area contributed by atoms with E-state index in [1.807, 2.05) is 6.20 Å². The van der Waals surface area contributed by atoms with Gasteiger partial charge in [-0.3, -0.25) is 9.58 Å². The van der Waals surface area contributed by atoms with E-state index in [1.54, 1.807) is 23.4 Å². The van der Waals surface area contributed by atoms with Gasteiger partial charge in [0.2, 0.25) is 0 Å². The first-order chi connectivity index (χ1) is 15.6. The maximum Gasteiger partial charge on any atom is 0.137 e. The Bertz CT molecular complexity index is 1190. The molecule has 0 aliphatic carbocycles. The van der Waals surface area contributed by atoms with Crippen LogP contribution in [0.15, 0.2) is 55.8 Å². The van der Waals surface area contributed by atoms with Crippen LogP contribution in [0.3, 0.4) is 0 Å². The Morgan fingerprint density at radius 3 is 2.66 bits per heavy atom. The van der Waals surface area contributed by atoms with Gasteiger partial charge >= 0.3 is 0 Å². The predicted octanol–water partition coefficient (Wildman–Crippen LogP) is 2.90. The molecule has 0 saturated carbocycles. The van der Waals surface area contributed by atoms with Crippen LogP contribution >= 0.6 is 0 Å². The number of halogens is 2. The van der Waals surface area contributed by atoms with Crippen molar-refractivity contribution in [3.05, 3.63) is 78.8 Å². The minimum atomic E-state index is -0.587. The standard InChI is InChI=1S/C22H22F2N8/c1-15(19(9-32-14-27-13-28-32)18-3-2-17(23)6-20(18)24)30-4-5-31-10-21(29-22(31)11-30)16-7-25-12-26-8-16/h2-3,6-8,10,12-15,19H,4-5,9,11H2,1H3. The minimum Gasteiger partial charge on any atom is -0.332 e. The molecule has 2 unspecified atom stereocenters. The molecule has 4 heterocycles. The number of hydrogen-bond acceptors (Lipinski definition) is 6. The van der Waals surface area contributed by atoms with Crippen molar-refractivity contribution in [2.75, 3.05) is 6.54 Å². The number of benzene rings is 1. The monoisotopic (exact) mass is 436 g/mol. The Hall–Kier alpha value is -3.53. The van der Waals surface area contributed by atoms with Gasteiger partial charge in [0.25, 0.3) is 0 Å². The van der Waals surface area contributed by atoms with Crippen LogP contribution in [0, 0.1) is 11.6 Å². The lowest BCUT2D eigenvalue weighted by molar-refractivity contribution is 0.134. The van der Waals surface area contributed by atoms with Crippen molar-refractivity contribution in [2.45, 2.75) is 38.5 Å². The van der Waals surface area contributed by atoms with Gasteiger partial charge in [0.15, 0.2) is 0 Å².